The van der Waals surface area contributed by atoms with Crippen molar-refractivity contribution in [2.45, 2.75) is 17.9 Å². The fourth-order valence-electron chi connectivity index (χ4n) is 1.33. The van der Waals surface area contributed by atoms with Crippen molar-refractivity contribution in [1.82, 2.24) is 4.98 Å². The van der Waals surface area contributed by atoms with E-state index >= 15 is 0 Å². The minimum atomic E-state index is -5.31. The van der Waals surface area contributed by atoms with Gasteiger partial charge in [-0.2, -0.15) is 13.2 Å². The van der Waals surface area contributed by atoms with E-state index in [2.05, 4.69) is 25.7 Å². The van der Waals surface area contributed by atoms with Gasteiger partial charge in [-0.3, -0.25) is 4.79 Å². The molecule has 1 heterocycles. The minimum absolute atomic E-state index is 0.391. The van der Waals surface area contributed by atoms with Gasteiger partial charge in [-0.15, -0.1) is 13.2 Å². The van der Waals surface area contributed by atoms with Crippen LogP contribution in [0.25, 0.3) is 0 Å². The van der Waals surface area contributed by atoms with Crippen LogP contribution in [0.2, 0.25) is 0 Å². The summed E-state index contributed by atoms with van der Waals surface area (Å²) in [4.78, 5) is 14.1. The van der Waals surface area contributed by atoms with Crippen LogP contribution < -0.4 is 4.74 Å². The summed E-state index contributed by atoms with van der Waals surface area (Å²) < 4.78 is 78.2. The number of alkyl halides is 7. The van der Waals surface area contributed by atoms with Crippen molar-refractivity contribution < 1.29 is 35.9 Å². The van der Waals surface area contributed by atoms with Gasteiger partial charge in [0.1, 0.15) is 5.56 Å². The Morgan fingerprint density at radius 3 is 2.20 bits per heavy atom. The zero-order valence-corrected chi connectivity index (χ0v) is 11.4. The van der Waals surface area contributed by atoms with Crippen LogP contribution in [0.15, 0.2) is 6.20 Å². The highest BCUT2D eigenvalue weighted by atomic mass is 79.9. The molecule has 0 atom stereocenters. The van der Waals surface area contributed by atoms with Gasteiger partial charge in [0, 0.05) is 11.5 Å². The second-order valence-electron chi connectivity index (χ2n) is 3.29. The molecule has 0 aliphatic rings. The number of aromatic nitrogens is 1. The Labute approximate surface area is 121 Å². The van der Waals surface area contributed by atoms with E-state index in [1.54, 1.807) is 0 Å². The molecule has 0 fully saturated rings. The summed E-state index contributed by atoms with van der Waals surface area (Å²) >= 11 is 7.65. The van der Waals surface area contributed by atoms with Gasteiger partial charge in [0.25, 0.3) is 5.24 Å². The third kappa shape index (κ3) is 3.98. The number of ether oxygens (including phenoxy) is 1. The van der Waals surface area contributed by atoms with Crippen molar-refractivity contribution in [3.8, 4) is 5.88 Å². The monoisotopic (exact) mass is 385 g/mol. The summed E-state index contributed by atoms with van der Waals surface area (Å²) in [5.74, 6) is -1.55. The first-order valence-electron chi connectivity index (χ1n) is 4.58. The summed E-state index contributed by atoms with van der Waals surface area (Å²) in [5.41, 5.74) is -3.65. The molecular weight excluding hydrogens is 383 g/mol. The van der Waals surface area contributed by atoms with Crippen LogP contribution in [0.1, 0.15) is 21.5 Å². The maximum Gasteiger partial charge on any atom is 0.574 e. The van der Waals surface area contributed by atoms with Crippen LogP contribution in [0.4, 0.5) is 26.3 Å². The molecule has 1 aromatic heterocycles. The van der Waals surface area contributed by atoms with Gasteiger partial charge >= 0.3 is 12.5 Å². The molecule has 0 bridgehead atoms. The Morgan fingerprint density at radius 1 is 1.30 bits per heavy atom. The van der Waals surface area contributed by atoms with Gasteiger partial charge in [-0.05, 0) is 17.2 Å². The predicted molar refractivity (Wildman–Crippen MR) is 58.7 cm³/mol. The van der Waals surface area contributed by atoms with Gasteiger partial charge in [0.15, 0.2) is 0 Å². The second kappa shape index (κ2) is 5.76. The molecule has 3 nitrogen and oxygen atoms in total. The maximum atomic E-state index is 12.9. The molecule has 0 spiro atoms. The molecule has 0 unspecified atom stereocenters. The number of carbonyl (C=O) groups excluding carboxylic acids is 1. The molecule has 0 radical (unpaired) electrons. The molecule has 0 N–H and O–H groups in total. The van der Waals surface area contributed by atoms with E-state index in [1.165, 1.54) is 0 Å². The Bertz CT molecular complexity index is 530. The normalized spacial score (nSPS) is 12.4. The fourth-order valence-corrected chi connectivity index (χ4v) is 1.93. The average Bonchev–Trinajstić information content (AvgIpc) is 2.24. The lowest BCUT2D eigenvalue weighted by atomic mass is 10.1. The van der Waals surface area contributed by atoms with E-state index < -0.39 is 45.7 Å². The average molecular weight is 386 g/mol. The molecule has 0 saturated heterocycles. The van der Waals surface area contributed by atoms with Crippen LogP contribution in [0, 0.1) is 0 Å². The zero-order chi connectivity index (χ0) is 15.7. The predicted octanol–water partition coefficient (Wildman–Crippen LogP) is 4.27. The highest BCUT2D eigenvalue weighted by molar-refractivity contribution is 9.08. The number of rotatable bonds is 3. The molecule has 0 aliphatic carbocycles. The summed E-state index contributed by atoms with van der Waals surface area (Å²) in [5, 5.41) is -2.15. The largest absolute Gasteiger partial charge is 0.574 e. The molecule has 11 heteroatoms. The first-order chi connectivity index (χ1) is 8.97. The summed E-state index contributed by atoms with van der Waals surface area (Å²) in [6.45, 7) is 0. The molecule has 0 amide bonds. The van der Waals surface area contributed by atoms with Crippen molar-refractivity contribution >= 4 is 32.8 Å². The quantitative estimate of drug-likeness (QED) is 0.442. The number of nitrogens with zero attached hydrogens (tertiary/aromatic N) is 1. The minimum Gasteiger partial charge on any atom is -0.387 e. The molecule has 20 heavy (non-hydrogen) atoms. The number of hydrogen-bond donors (Lipinski definition) is 0. The van der Waals surface area contributed by atoms with Crippen LogP contribution in [0.5, 0.6) is 5.88 Å². The van der Waals surface area contributed by atoms with E-state index in [-0.39, 0.29) is 0 Å². The maximum absolute atomic E-state index is 12.9. The van der Waals surface area contributed by atoms with Crippen LogP contribution in [-0.4, -0.2) is 16.6 Å². The fraction of sp³-hybridized carbons (Fsp3) is 0.333. The topological polar surface area (TPSA) is 39.2 Å². The number of pyridine rings is 1. The lowest BCUT2D eigenvalue weighted by Gasteiger charge is -2.17. The Balaban J connectivity index is 3.61. The van der Waals surface area contributed by atoms with Crippen molar-refractivity contribution in [3.63, 3.8) is 0 Å². The van der Waals surface area contributed by atoms with Gasteiger partial charge in [-0.1, -0.05) is 15.9 Å². The summed E-state index contributed by atoms with van der Waals surface area (Å²) in [7, 11) is 0. The molecule has 1 aromatic rings. The molecule has 112 valence electrons. The van der Waals surface area contributed by atoms with E-state index in [4.69, 9.17) is 11.6 Å². The molecule has 0 saturated carbocycles. The Morgan fingerprint density at radius 2 is 1.85 bits per heavy atom. The Kier molecular flexibility index (Phi) is 4.90. The number of halogens is 8. The third-order valence-electron chi connectivity index (χ3n) is 1.96. The Hall–Kier alpha value is -1.03. The van der Waals surface area contributed by atoms with Gasteiger partial charge in [0.05, 0.1) is 5.56 Å². The van der Waals surface area contributed by atoms with E-state index in [0.29, 0.717) is 6.20 Å². The first kappa shape index (κ1) is 17.0. The van der Waals surface area contributed by atoms with E-state index in [9.17, 15) is 31.1 Å². The third-order valence-corrected chi connectivity index (χ3v) is 2.75. The van der Waals surface area contributed by atoms with Crippen molar-refractivity contribution in [2.75, 3.05) is 0 Å². The standard InChI is InChI=1S/C9H3BrClF6NO2/c10-1-3-2-18-7(20-9(15,16)17)4(6(11)19)5(3)8(12,13)14/h2H,1H2. The molecule has 0 aromatic carbocycles. The lowest BCUT2D eigenvalue weighted by molar-refractivity contribution is -0.276. The zero-order valence-electron chi connectivity index (χ0n) is 9.07. The van der Waals surface area contributed by atoms with Crippen LogP contribution in [0.3, 0.4) is 0 Å². The van der Waals surface area contributed by atoms with Gasteiger partial charge in [-0.25, -0.2) is 4.98 Å². The molecule has 1 rings (SSSR count). The second-order valence-corrected chi connectivity index (χ2v) is 4.20. The van der Waals surface area contributed by atoms with Crippen molar-refractivity contribution in [2.24, 2.45) is 0 Å². The number of hydrogen-bond acceptors (Lipinski definition) is 3. The molecular formula is C9H3BrClF6NO2. The van der Waals surface area contributed by atoms with Crippen molar-refractivity contribution in [3.05, 3.63) is 22.9 Å². The SMILES string of the molecule is O=C(Cl)c1c(OC(F)(F)F)ncc(CBr)c1C(F)(F)F. The highest BCUT2D eigenvalue weighted by Crippen LogP contribution is 2.40. The summed E-state index contributed by atoms with van der Waals surface area (Å²) in [6, 6.07) is 0. The smallest absolute Gasteiger partial charge is 0.387 e. The molecule has 0 aliphatic heterocycles. The first-order valence-corrected chi connectivity index (χ1v) is 6.08. The van der Waals surface area contributed by atoms with E-state index in [0.717, 1.165) is 0 Å². The lowest BCUT2D eigenvalue weighted by Crippen LogP contribution is -2.22. The van der Waals surface area contributed by atoms with E-state index in [1.807, 2.05) is 0 Å². The van der Waals surface area contributed by atoms with Gasteiger partial charge < -0.3 is 4.74 Å². The van der Waals surface area contributed by atoms with Gasteiger partial charge in [0.2, 0.25) is 5.88 Å². The van der Waals surface area contributed by atoms with Crippen molar-refractivity contribution in [1.29, 1.82) is 0 Å². The summed E-state index contributed by atoms with van der Waals surface area (Å²) in [6.07, 6.45) is -9.90. The van der Waals surface area contributed by atoms with Crippen LogP contribution >= 0.6 is 27.5 Å². The highest BCUT2D eigenvalue weighted by Gasteiger charge is 2.42. The van der Waals surface area contributed by atoms with Crippen LogP contribution in [-0.2, 0) is 11.5 Å². The number of carbonyl (C=O) groups is 1.